The number of aromatic nitrogens is 2. The maximum absolute atomic E-state index is 12.4. The summed E-state index contributed by atoms with van der Waals surface area (Å²) in [4.78, 5) is 21.0. The van der Waals surface area contributed by atoms with Gasteiger partial charge in [-0.05, 0) is 64.9 Å². The predicted octanol–water partition coefficient (Wildman–Crippen LogP) is 2.90. The maximum atomic E-state index is 12.4. The summed E-state index contributed by atoms with van der Waals surface area (Å²) in [5.74, 6) is 1.47. The molecule has 8 heteroatoms. The Bertz CT molecular complexity index is 686. The summed E-state index contributed by atoms with van der Waals surface area (Å²) in [7, 11) is 3.79. The van der Waals surface area contributed by atoms with Crippen molar-refractivity contribution in [1.82, 2.24) is 24.9 Å². The van der Waals surface area contributed by atoms with Gasteiger partial charge in [-0.15, -0.1) is 0 Å². The molecule has 0 unspecified atom stereocenters. The monoisotopic (exact) mass is 420 g/mol. The van der Waals surface area contributed by atoms with Crippen molar-refractivity contribution >= 4 is 12.1 Å². The summed E-state index contributed by atoms with van der Waals surface area (Å²) in [5, 5.41) is 7.70. The van der Waals surface area contributed by atoms with Gasteiger partial charge >= 0.3 is 6.09 Å². The third-order valence-electron chi connectivity index (χ3n) is 5.32. The van der Waals surface area contributed by atoms with Crippen LogP contribution in [0, 0.1) is 5.92 Å². The van der Waals surface area contributed by atoms with Crippen molar-refractivity contribution in [2.45, 2.75) is 59.0 Å². The van der Waals surface area contributed by atoms with Crippen LogP contribution in [0.15, 0.2) is 17.4 Å². The first kappa shape index (κ1) is 24.0. The van der Waals surface area contributed by atoms with Gasteiger partial charge in [-0.3, -0.25) is 9.67 Å². The second-order valence-electron chi connectivity index (χ2n) is 9.05. The number of nitrogens with zero attached hydrogens (tertiary/aromatic N) is 5. The molecule has 1 aromatic rings. The Balaban J connectivity index is 1.72. The normalized spacial score (nSPS) is 15.9. The molecule has 1 amide bonds. The lowest BCUT2D eigenvalue weighted by Crippen LogP contribution is -2.48. The summed E-state index contributed by atoms with van der Waals surface area (Å²) in [6.07, 6.45) is 7.94. The van der Waals surface area contributed by atoms with E-state index >= 15 is 0 Å². The van der Waals surface area contributed by atoms with Crippen LogP contribution in [0.3, 0.4) is 0 Å². The van der Waals surface area contributed by atoms with E-state index in [2.05, 4.69) is 26.5 Å². The lowest BCUT2D eigenvalue weighted by molar-refractivity contribution is 0.0214. The Hall–Kier alpha value is -2.25. The van der Waals surface area contributed by atoms with Crippen LogP contribution in [0.5, 0.6) is 0 Å². The molecule has 1 N–H and O–H groups in total. The van der Waals surface area contributed by atoms with E-state index in [1.54, 1.807) is 0 Å². The van der Waals surface area contributed by atoms with Crippen LogP contribution < -0.4 is 5.32 Å². The molecular weight excluding hydrogens is 380 g/mol. The van der Waals surface area contributed by atoms with E-state index in [1.165, 1.54) is 5.56 Å². The molecule has 1 aliphatic heterocycles. The third kappa shape index (κ3) is 7.88. The lowest BCUT2D eigenvalue weighted by Gasteiger charge is -2.36. The Kier molecular flexibility index (Phi) is 8.99. The molecule has 1 aliphatic rings. The fraction of sp³-hybridized carbons (Fsp3) is 0.773. The molecule has 1 saturated heterocycles. The average molecular weight is 421 g/mol. The summed E-state index contributed by atoms with van der Waals surface area (Å²) in [5.41, 5.74) is 0.809. The smallest absolute Gasteiger partial charge is 0.410 e. The minimum Gasteiger partial charge on any atom is -0.444 e. The molecule has 0 aromatic carbocycles. The van der Waals surface area contributed by atoms with Gasteiger partial charge in [-0.2, -0.15) is 5.10 Å². The van der Waals surface area contributed by atoms with Gasteiger partial charge in [0.25, 0.3) is 0 Å². The van der Waals surface area contributed by atoms with Crippen LogP contribution in [0.1, 0.15) is 52.5 Å². The molecule has 1 fully saturated rings. The number of carbonyl (C=O) groups is 1. The molecule has 0 aliphatic carbocycles. The zero-order valence-electron chi connectivity index (χ0n) is 19.6. The molecule has 2 rings (SSSR count). The minimum atomic E-state index is -0.455. The van der Waals surface area contributed by atoms with Crippen molar-refractivity contribution in [3.05, 3.63) is 18.0 Å². The standard InChI is InChI=1S/C22H40N6O2/c1-7-27(21(29)30-22(2,3)4)17-18-10-13-28(14-11-18)20(23-5)24-12-8-9-19-15-25-26(6)16-19/h15-16,18H,7-14,17H2,1-6H3,(H,23,24). The average Bonchev–Trinajstić information content (AvgIpc) is 3.10. The van der Waals surface area contributed by atoms with Gasteiger partial charge in [0.15, 0.2) is 5.96 Å². The van der Waals surface area contributed by atoms with Crippen molar-refractivity contribution < 1.29 is 9.53 Å². The van der Waals surface area contributed by atoms with E-state index < -0.39 is 5.60 Å². The molecule has 0 bridgehead atoms. The second kappa shape index (κ2) is 11.2. The van der Waals surface area contributed by atoms with E-state index in [4.69, 9.17) is 4.74 Å². The van der Waals surface area contributed by atoms with Crippen molar-refractivity contribution in [3.63, 3.8) is 0 Å². The SMILES string of the molecule is CCN(CC1CCN(C(=NC)NCCCc2cnn(C)c2)CC1)C(=O)OC(C)(C)C. The number of carbonyl (C=O) groups excluding carboxylic acids is 1. The number of hydrogen-bond acceptors (Lipinski definition) is 4. The number of aliphatic imine (C=N–C) groups is 1. The fourth-order valence-corrected chi connectivity index (χ4v) is 3.72. The number of ether oxygens (including phenoxy) is 1. The van der Waals surface area contributed by atoms with Crippen LogP contribution in [0.4, 0.5) is 4.79 Å². The van der Waals surface area contributed by atoms with Crippen LogP contribution >= 0.6 is 0 Å². The van der Waals surface area contributed by atoms with E-state index in [0.717, 1.165) is 57.8 Å². The molecule has 0 atom stereocenters. The van der Waals surface area contributed by atoms with Gasteiger partial charge < -0.3 is 19.9 Å². The molecule has 0 saturated carbocycles. The number of hydrogen-bond donors (Lipinski definition) is 1. The van der Waals surface area contributed by atoms with E-state index in [0.29, 0.717) is 12.5 Å². The summed E-state index contributed by atoms with van der Waals surface area (Å²) in [6.45, 7) is 12.0. The number of amides is 1. The first-order valence-corrected chi connectivity index (χ1v) is 11.1. The number of nitrogens with one attached hydrogen (secondary N) is 1. The van der Waals surface area contributed by atoms with Gasteiger partial charge in [0.1, 0.15) is 5.60 Å². The zero-order chi connectivity index (χ0) is 22.1. The Labute approximate surface area is 181 Å². The van der Waals surface area contributed by atoms with E-state index in [9.17, 15) is 4.79 Å². The molecule has 8 nitrogen and oxygen atoms in total. The highest BCUT2D eigenvalue weighted by Gasteiger charge is 2.27. The topological polar surface area (TPSA) is 75.0 Å². The number of piperidine rings is 1. The molecule has 1 aromatic heterocycles. The molecular formula is C22H40N6O2. The van der Waals surface area contributed by atoms with Crippen molar-refractivity contribution in [3.8, 4) is 0 Å². The Morgan fingerprint density at radius 1 is 1.37 bits per heavy atom. The highest BCUT2D eigenvalue weighted by molar-refractivity contribution is 5.79. The number of rotatable bonds is 7. The molecule has 2 heterocycles. The van der Waals surface area contributed by atoms with Gasteiger partial charge in [-0.1, -0.05) is 0 Å². The van der Waals surface area contributed by atoms with Crippen LogP contribution in [-0.4, -0.2) is 77.0 Å². The van der Waals surface area contributed by atoms with Crippen LogP contribution in [0.25, 0.3) is 0 Å². The predicted molar refractivity (Wildman–Crippen MR) is 121 cm³/mol. The molecule has 30 heavy (non-hydrogen) atoms. The molecule has 0 spiro atoms. The summed E-state index contributed by atoms with van der Waals surface area (Å²) >= 11 is 0. The summed E-state index contributed by atoms with van der Waals surface area (Å²) in [6, 6.07) is 0. The first-order chi connectivity index (χ1) is 14.2. The fourth-order valence-electron chi connectivity index (χ4n) is 3.72. The zero-order valence-corrected chi connectivity index (χ0v) is 19.6. The first-order valence-electron chi connectivity index (χ1n) is 11.1. The maximum Gasteiger partial charge on any atom is 0.410 e. The number of aryl methyl sites for hydroxylation is 2. The minimum absolute atomic E-state index is 0.210. The van der Waals surface area contributed by atoms with Crippen LogP contribution in [-0.2, 0) is 18.2 Å². The van der Waals surface area contributed by atoms with Crippen molar-refractivity contribution in [2.24, 2.45) is 18.0 Å². The lowest BCUT2D eigenvalue weighted by atomic mass is 9.96. The summed E-state index contributed by atoms with van der Waals surface area (Å²) < 4.78 is 7.38. The van der Waals surface area contributed by atoms with Crippen molar-refractivity contribution in [2.75, 3.05) is 39.8 Å². The Morgan fingerprint density at radius 3 is 2.60 bits per heavy atom. The Morgan fingerprint density at radius 2 is 2.07 bits per heavy atom. The number of likely N-dealkylation sites (tertiary alicyclic amines) is 1. The number of guanidine groups is 1. The van der Waals surface area contributed by atoms with Gasteiger partial charge in [0.05, 0.1) is 6.20 Å². The molecule has 170 valence electrons. The van der Waals surface area contributed by atoms with E-state index in [1.807, 2.05) is 57.6 Å². The quantitative estimate of drug-likeness (QED) is 0.417. The largest absolute Gasteiger partial charge is 0.444 e. The van der Waals surface area contributed by atoms with Crippen molar-refractivity contribution in [1.29, 1.82) is 0 Å². The second-order valence-corrected chi connectivity index (χ2v) is 9.05. The van der Waals surface area contributed by atoms with E-state index in [-0.39, 0.29) is 6.09 Å². The molecule has 0 radical (unpaired) electrons. The van der Waals surface area contributed by atoms with Gasteiger partial charge in [0, 0.05) is 53.0 Å². The van der Waals surface area contributed by atoms with Gasteiger partial charge in [-0.25, -0.2) is 4.79 Å². The van der Waals surface area contributed by atoms with Gasteiger partial charge in [0.2, 0.25) is 0 Å². The third-order valence-corrected chi connectivity index (χ3v) is 5.32. The highest BCUT2D eigenvalue weighted by Crippen LogP contribution is 2.20. The van der Waals surface area contributed by atoms with Crippen LogP contribution in [0.2, 0.25) is 0 Å². The highest BCUT2D eigenvalue weighted by atomic mass is 16.6.